The molecule has 0 aliphatic heterocycles. The summed E-state index contributed by atoms with van der Waals surface area (Å²) >= 11 is 0. The SMILES string of the molecule is CC(C)(C)Cc1ccnc(-c2cccc3c2oc2cc(F)ccc23)c1. The molecule has 0 unspecified atom stereocenters. The summed E-state index contributed by atoms with van der Waals surface area (Å²) in [7, 11) is 0. The number of nitrogens with zero attached hydrogens (tertiary/aromatic N) is 1. The molecule has 0 N–H and O–H groups in total. The van der Waals surface area contributed by atoms with Gasteiger partial charge in [-0.1, -0.05) is 32.9 Å². The summed E-state index contributed by atoms with van der Waals surface area (Å²) in [6, 6.07) is 14.8. The number of benzene rings is 2. The molecular formula is C22H20FNO. The monoisotopic (exact) mass is 333 g/mol. The third kappa shape index (κ3) is 3.02. The van der Waals surface area contributed by atoms with Gasteiger partial charge in [-0.25, -0.2) is 4.39 Å². The highest BCUT2D eigenvalue weighted by Crippen LogP contribution is 2.35. The van der Waals surface area contributed by atoms with Crippen molar-refractivity contribution in [1.29, 1.82) is 0 Å². The number of fused-ring (bicyclic) bond motifs is 3. The van der Waals surface area contributed by atoms with Gasteiger partial charge >= 0.3 is 0 Å². The highest BCUT2D eigenvalue weighted by Gasteiger charge is 2.15. The molecule has 25 heavy (non-hydrogen) atoms. The van der Waals surface area contributed by atoms with Gasteiger partial charge in [0.25, 0.3) is 0 Å². The Balaban J connectivity index is 1.89. The lowest BCUT2D eigenvalue weighted by Gasteiger charge is -2.18. The fourth-order valence-electron chi connectivity index (χ4n) is 3.32. The van der Waals surface area contributed by atoms with Crippen LogP contribution in [0.3, 0.4) is 0 Å². The van der Waals surface area contributed by atoms with E-state index < -0.39 is 0 Å². The molecule has 2 aromatic carbocycles. The Hall–Kier alpha value is -2.68. The van der Waals surface area contributed by atoms with Crippen molar-refractivity contribution in [2.75, 3.05) is 0 Å². The van der Waals surface area contributed by atoms with Crippen LogP contribution in [-0.2, 0) is 6.42 Å². The van der Waals surface area contributed by atoms with Crippen molar-refractivity contribution in [3.8, 4) is 11.3 Å². The van der Waals surface area contributed by atoms with Crippen LogP contribution < -0.4 is 0 Å². The van der Waals surface area contributed by atoms with Gasteiger partial charge in [0.1, 0.15) is 17.0 Å². The van der Waals surface area contributed by atoms with Crippen molar-refractivity contribution in [1.82, 2.24) is 4.98 Å². The molecule has 0 spiro atoms. The van der Waals surface area contributed by atoms with E-state index >= 15 is 0 Å². The van der Waals surface area contributed by atoms with Gasteiger partial charge in [-0.15, -0.1) is 0 Å². The Morgan fingerprint density at radius 1 is 1.00 bits per heavy atom. The Morgan fingerprint density at radius 2 is 1.84 bits per heavy atom. The molecule has 2 nitrogen and oxygen atoms in total. The van der Waals surface area contributed by atoms with E-state index in [1.807, 2.05) is 24.4 Å². The normalized spacial score (nSPS) is 12.2. The molecule has 0 saturated carbocycles. The summed E-state index contributed by atoms with van der Waals surface area (Å²) in [6.07, 6.45) is 2.82. The smallest absolute Gasteiger partial charge is 0.144 e. The van der Waals surface area contributed by atoms with Gasteiger partial charge < -0.3 is 4.42 Å². The van der Waals surface area contributed by atoms with Crippen molar-refractivity contribution in [2.24, 2.45) is 5.41 Å². The fourth-order valence-corrected chi connectivity index (χ4v) is 3.32. The van der Waals surface area contributed by atoms with E-state index in [4.69, 9.17) is 4.42 Å². The minimum atomic E-state index is -0.293. The number of hydrogen-bond donors (Lipinski definition) is 0. The van der Waals surface area contributed by atoms with E-state index in [9.17, 15) is 4.39 Å². The summed E-state index contributed by atoms with van der Waals surface area (Å²) in [5.74, 6) is -0.293. The zero-order chi connectivity index (χ0) is 17.6. The molecule has 2 heterocycles. The van der Waals surface area contributed by atoms with Gasteiger partial charge in [-0.2, -0.15) is 0 Å². The van der Waals surface area contributed by atoms with Gasteiger partial charge in [-0.05, 0) is 47.7 Å². The molecular weight excluding hydrogens is 313 g/mol. The Morgan fingerprint density at radius 3 is 2.64 bits per heavy atom. The van der Waals surface area contributed by atoms with Gasteiger partial charge in [0.2, 0.25) is 0 Å². The second-order valence-corrected chi connectivity index (χ2v) is 7.71. The average Bonchev–Trinajstić information content (AvgIpc) is 2.90. The third-order valence-corrected chi connectivity index (χ3v) is 4.30. The van der Waals surface area contributed by atoms with E-state index in [2.05, 4.69) is 37.9 Å². The van der Waals surface area contributed by atoms with Crippen molar-refractivity contribution in [2.45, 2.75) is 27.2 Å². The molecule has 2 aromatic heterocycles. The van der Waals surface area contributed by atoms with E-state index in [0.29, 0.717) is 5.58 Å². The third-order valence-electron chi connectivity index (χ3n) is 4.30. The standard InChI is InChI=1S/C22H20FNO/c1-22(2,3)13-14-9-10-24-19(11-14)18-6-4-5-17-16-8-7-15(23)12-20(16)25-21(17)18/h4-12H,13H2,1-3H3. The average molecular weight is 333 g/mol. The lowest BCUT2D eigenvalue weighted by molar-refractivity contribution is 0.411. The van der Waals surface area contributed by atoms with Gasteiger partial charge in [0.15, 0.2) is 0 Å². The number of hydrogen-bond acceptors (Lipinski definition) is 2. The Bertz CT molecular complexity index is 1070. The number of aromatic nitrogens is 1. The molecule has 3 heteroatoms. The molecule has 0 aliphatic carbocycles. The summed E-state index contributed by atoms with van der Waals surface area (Å²) in [4.78, 5) is 4.54. The maximum absolute atomic E-state index is 13.5. The number of halogens is 1. The molecule has 126 valence electrons. The predicted octanol–water partition coefficient (Wildman–Crippen LogP) is 6.38. The second-order valence-electron chi connectivity index (χ2n) is 7.71. The minimum Gasteiger partial charge on any atom is -0.455 e. The Labute approximate surface area is 146 Å². The van der Waals surface area contributed by atoms with E-state index in [-0.39, 0.29) is 11.2 Å². The van der Waals surface area contributed by atoms with Crippen molar-refractivity contribution in [3.63, 3.8) is 0 Å². The highest BCUT2D eigenvalue weighted by atomic mass is 19.1. The summed E-state index contributed by atoms with van der Waals surface area (Å²) in [6.45, 7) is 6.67. The molecule has 0 amide bonds. The van der Waals surface area contributed by atoms with Crippen molar-refractivity contribution < 1.29 is 8.81 Å². The molecule has 0 bridgehead atoms. The highest BCUT2D eigenvalue weighted by molar-refractivity contribution is 6.09. The summed E-state index contributed by atoms with van der Waals surface area (Å²) in [5, 5.41) is 1.90. The lowest BCUT2D eigenvalue weighted by Crippen LogP contribution is -2.09. The van der Waals surface area contributed by atoms with Gasteiger partial charge in [0.05, 0.1) is 5.69 Å². The topological polar surface area (TPSA) is 26.0 Å². The van der Waals surface area contributed by atoms with Gasteiger partial charge in [-0.3, -0.25) is 4.98 Å². The zero-order valence-corrected chi connectivity index (χ0v) is 14.6. The van der Waals surface area contributed by atoms with Crippen LogP contribution in [0.4, 0.5) is 4.39 Å². The van der Waals surface area contributed by atoms with Crippen molar-refractivity contribution in [3.05, 3.63) is 66.1 Å². The van der Waals surface area contributed by atoms with Crippen LogP contribution in [0.15, 0.2) is 59.1 Å². The fraction of sp³-hybridized carbons (Fsp3) is 0.227. The molecule has 4 aromatic rings. The Kier molecular flexibility index (Phi) is 3.60. The van der Waals surface area contributed by atoms with Gasteiger partial charge in [0, 0.05) is 28.6 Å². The van der Waals surface area contributed by atoms with E-state index in [0.717, 1.165) is 34.0 Å². The zero-order valence-electron chi connectivity index (χ0n) is 14.6. The van der Waals surface area contributed by atoms with Crippen LogP contribution in [0, 0.1) is 11.2 Å². The first kappa shape index (κ1) is 15.8. The molecule has 0 aliphatic rings. The maximum atomic E-state index is 13.5. The largest absolute Gasteiger partial charge is 0.455 e. The second kappa shape index (κ2) is 5.69. The van der Waals surface area contributed by atoms with E-state index in [1.54, 1.807) is 6.07 Å². The number of para-hydroxylation sites is 1. The van der Waals surface area contributed by atoms with Crippen LogP contribution >= 0.6 is 0 Å². The minimum absolute atomic E-state index is 0.210. The van der Waals surface area contributed by atoms with Crippen molar-refractivity contribution >= 4 is 21.9 Å². The number of pyridine rings is 1. The molecule has 0 radical (unpaired) electrons. The lowest BCUT2D eigenvalue weighted by atomic mass is 9.88. The van der Waals surface area contributed by atoms with Crippen LogP contribution in [0.5, 0.6) is 0 Å². The predicted molar refractivity (Wildman–Crippen MR) is 100 cm³/mol. The number of furan rings is 1. The van der Waals surface area contributed by atoms with Crippen LogP contribution in [-0.4, -0.2) is 4.98 Å². The number of rotatable bonds is 2. The first-order chi connectivity index (χ1) is 11.9. The maximum Gasteiger partial charge on any atom is 0.144 e. The summed E-state index contributed by atoms with van der Waals surface area (Å²) in [5.41, 5.74) is 4.59. The quantitative estimate of drug-likeness (QED) is 0.425. The first-order valence-electron chi connectivity index (χ1n) is 8.47. The van der Waals surface area contributed by atoms with Crippen LogP contribution in [0.1, 0.15) is 26.3 Å². The molecule has 0 fully saturated rings. The van der Waals surface area contributed by atoms with Crippen LogP contribution in [0.2, 0.25) is 0 Å². The first-order valence-corrected chi connectivity index (χ1v) is 8.47. The molecule has 0 saturated heterocycles. The molecule has 0 atom stereocenters. The molecule has 4 rings (SSSR count). The van der Waals surface area contributed by atoms with E-state index in [1.165, 1.54) is 17.7 Å². The summed E-state index contributed by atoms with van der Waals surface area (Å²) < 4.78 is 19.5. The van der Waals surface area contributed by atoms with Crippen LogP contribution in [0.25, 0.3) is 33.2 Å².